The summed E-state index contributed by atoms with van der Waals surface area (Å²) in [4.78, 5) is 4.44. The summed E-state index contributed by atoms with van der Waals surface area (Å²) in [5, 5.41) is 7.42. The second-order valence-electron chi connectivity index (χ2n) is 4.94. The first-order valence-electron chi connectivity index (χ1n) is 7.10. The van der Waals surface area contributed by atoms with Crippen LogP contribution in [0.2, 0.25) is 0 Å². The molecule has 106 valence electrons. The van der Waals surface area contributed by atoms with E-state index < -0.39 is 0 Å². The molecule has 0 amide bonds. The summed E-state index contributed by atoms with van der Waals surface area (Å²) in [5.74, 6) is 1.23. The van der Waals surface area contributed by atoms with Gasteiger partial charge in [0.15, 0.2) is 5.82 Å². The van der Waals surface area contributed by atoms with Crippen molar-refractivity contribution in [3.05, 3.63) is 47.1 Å². The molecular formula is C15H19N3O2. The molecule has 1 aromatic heterocycles. The highest BCUT2D eigenvalue weighted by Gasteiger charge is 2.25. The zero-order valence-electron chi connectivity index (χ0n) is 11.6. The Morgan fingerprint density at radius 2 is 2.30 bits per heavy atom. The van der Waals surface area contributed by atoms with E-state index in [-0.39, 0.29) is 6.04 Å². The summed E-state index contributed by atoms with van der Waals surface area (Å²) in [5.41, 5.74) is 2.57. The van der Waals surface area contributed by atoms with Gasteiger partial charge < -0.3 is 14.6 Å². The Morgan fingerprint density at radius 3 is 3.20 bits per heavy atom. The smallest absolute Gasteiger partial charge is 0.248 e. The fourth-order valence-electron chi connectivity index (χ4n) is 2.48. The molecule has 2 heterocycles. The van der Waals surface area contributed by atoms with Crippen LogP contribution in [0, 0.1) is 0 Å². The van der Waals surface area contributed by atoms with Crippen LogP contribution in [0.15, 0.2) is 28.8 Å². The van der Waals surface area contributed by atoms with Crippen molar-refractivity contribution in [2.24, 2.45) is 0 Å². The van der Waals surface area contributed by atoms with Crippen LogP contribution in [-0.2, 0) is 17.8 Å². The summed E-state index contributed by atoms with van der Waals surface area (Å²) < 4.78 is 10.8. The van der Waals surface area contributed by atoms with E-state index in [4.69, 9.17) is 9.26 Å². The molecule has 1 aliphatic heterocycles. The third-order valence-electron chi connectivity index (χ3n) is 3.42. The highest BCUT2D eigenvalue weighted by atomic mass is 16.5. The number of aromatic nitrogens is 2. The Balaban J connectivity index is 1.77. The van der Waals surface area contributed by atoms with E-state index in [0.717, 1.165) is 19.4 Å². The SMILES string of the molecule is CCCOCc1noc(C2NCCc3ccccc32)n1. The average molecular weight is 273 g/mol. The number of nitrogens with one attached hydrogen (secondary N) is 1. The molecule has 20 heavy (non-hydrogen) atoms. The Kier molecular flexibility index (Phi) is 4.08. The van der Waals surface area contributed by atoms with Gasteiger partial charge in [0.1, 0.15) is 12.6 Å². The van der Waals surface area contributed by atoms with Gasteiger partial charge in [-0.05, 0) is 24.0 Å². The van der Waals surface area contributed by atoms with Crippen LogP contribution in [0.3, 0.4) is 0 Å². The topological polar surface area (TPSA) is 60.2 Å². The lowest BCUT2D eigenvalue weighted by molar-refractivity contribution is 0.114. The number of rotatable bonds is 5. The first kappa shape index (κ1) is 13.3. The lowest BCUT2D eigenvalue weighted by Gasteiger charge is -2.23. The molecule has 1 aliphatic rings. The van der Waals surface area contributed by atoms with Gasteiger partial charge in [-0.15, -0.1) is 0 Å². The van der Waals surface area contributed by atoms with Crippen molar-refractivity contribution in [1.82, 2.24) is 15.5 Å². The van der Waals surface area contributed by atoms with E-state index >= 15 is 0 Å². The number of ether oxygens (including phenoxy) is 1. The van der Waals surface area contributed by atoms with E-state index in [0.29, 0.717) is 24.9 Å². The monoisotopic (exact) mass is 273 g/mol. The van der Waals surface area contributed by atoms with Crippen molar-refractivity contribution in [3.8, 4) is 0 Å². The van der Waals surface area contributed by atoms with Gasteiger partial charge in [-0.25, -0.2) is 0 Å². The molecule has 1 unspecified atom stereocenters. The van der Waals surface area contributed by atoms with Gasteiger partial charge >= 0.3 is 0 Å². The lowest BCUT2D eigenvalue weighted by Crippen LogP contribution is -2.30. The Labute approximate surface area is 118 Å². The van der Waals surface area contributed by atoms with Crippen LogP contribution in [0.5, 0.6) is 0 Å². The van der Waals surface area contributed by atoms with E-state index in [1.807, 2.05) is 6.07 Å². The van der Waals surface area contributed by atoms with Crippen LogP contribution in [0.25, 0.3) is 0 Å². The van der Waals surface area contributed by atoms with E-state index in [9.17, 15) is 0 Å². The quantitative estimate of drug-likeness (QED) is 0.846. The van der Waals surface area contributed by atoms with Gasteiger partial charge in [-0.1, -0.05) is 36.3 Å². The average Bonchev–Trinajstić information content (AvgIpc) is 2.96. The summed E-state index contributed by atoms with van der Waals surface area (Å²) in [6.07, 6.45) is 2.02. The molecule has 0 bridgehead atoms. The maximum atomic E-state index is 5.43. The third kappa shape index (κ3) is 2.73. The van der Waals surface area contributed by atoms with Gasteiger partial charge in [0.2, 0.25) is 5.89 Å². The minimum absolute atomic E-state index is 0.00706. The van der Waals surface area contributed by atoms with Gasteiger partial charge in [-0.3, -0.25) is 0 Å². The maximum Gasteiger partial charge on any atom is 0.248 e. The molecule has 1 N–H and O–H groups in total. The molecular weight excluding hydrogens is 254 g/mol. The molecule has 0 spiro atoms. The molecule has 0 fully saturated rings. The number of benzene rings is 1. The van der Waals surface area contributed by atoms with Crippen molar-refractivity contribution >= 4 is 0 Å². The van der Waals surface area contributed by atoms with E-state index in [2.05, 4.69) is 40.6 Å². The zero-order valence-corrected chi connectivity index (χ0v) is 11.6. The maximum absolute atomic E-state index is 5.43. The first-order chi connectivity index (χ1) is 9.88. The van der Waals surface area contributed by atoms with Crippen LogP contribution < -0.4 is 5.32 Å². The van der Waals surface area contributed by atoms with Crippen molar-refractivity contribution < 1.29 is 9.26 Å². The van der Waals surface area contributed by atoms with Crippen molar-refractivity contribution in [1.29, 1.82) is 0 Å². The number of nitrogens with zero attached hydrogens (tertiary/aromatic N) is 2. The highest BCUT2D eigenvalue weighted by molar-refractivity contribution is 5.35. The third-order valence-corrected chi connectivity index (χ3v) is 3.42. The van der Waals surface area contributed by atoms with Crippen LogP contribution >= 0.6 is 0 Å². The Morgan fingerprint density at radius 1 is 1.40 bits per heavy atom. The van der Waals surface area contributed by atoms with Crippen LogP contribution in [0.1, 0.15) is 42.2 Å². The second kappa shape index (κ2) is 6.15. The van der Waals surface area contributed by atoms with Crippen molar-refractivity contribution in [2.75, 3.05) is 13.2 Å². The number of hydrogen-bond donors (Lipinski definition) is 1. The molecule has 3 rings (SSSR count). The molecule has 5 nitrogen and oxygen atoms in total. The normalized spacial score (nSPS) is 17.9. The molecule has 5 heteroatoms. The molecule has 0 aliphatic carbocycles. The van der Waals surface area contributed by atoms with Gasteiger partial charge in [0.25, 0.3) is 0 Å². The number of fused-ring (bicyclic) bond motifs is 1. The van der Waals surface area contributed by atoms with E-state index in [1.54, 1.807) is 0 Å². The fourth-order valence-corrected chi connectivity index (χ4v) is 2.48. The van der Waals surface area contributed by atoms with Gasteiger partial charge in [0, 0.05) is 13.2 Å². The predicted octanol–water partition coefficient (Wildman–Crippen LogP) is 2.23. The summed E-state index contributed by atoms with van der Waals surface area (Å²) in [6.45, 7) is 4.12. The van der Waals surface area contributed by atoms with Crippen molar-refractivity contribution in [3.63, 3.8) is 0 Å². The lowest BCUT2D eigenvalue weighted by atomic mass is 9.94. The minimum Gasteiger partial charge on any atom is -0.373 e. The zero-order chi connectivity index (χ0) is 13.8. The van der Waals surface area contributed by atoms with Crippen molar-refractivity contribution in [2.45, 2.75) is 32.4 Å². The number of hydrogen-bond acceptors (Lipinski definition) is 5. The summed E-state index contributed by atoms with van der Waals surface area (Å²) in [7, 11) is 0. The van der Waals surface area contributed by atoms with Crippen LogP contribution in [0.4, 0.5) is 0 Å². The molecule has 0 saturated heterocycles. The molecule has 0 radical (unpaired) electrons. The summed E-state index contributed by atoms with van der Waals surface area (Å²) >= 11 is 0. The Hall–Kier alpha value is -1.72. The minimum atomic E-state index is -0.00706. The van der Waals surface area contributed by atoms with Crippen LogP contribution in [-0.4, -0.2) is 23.3 Å². The van der Waals surface area contributed by atoms with E-state index in [1.165, 1.54) is 11.1 Å². The molecule has 0 saturated carbocycles. The fraction of sp³-hybridized carbons (Fsp3) is 0.467. The first-order valence-corrected chi connectivity index (χ1v) is 7.10. The Bertz CT molecular complexity index is 568. The standard InChI is InChI=1S/C15H19N3O2/c1-2-9-19-10-13-17-15(20-18-13)14-12-6-4-3-5-11(12)7-8-16-14/h3-6,14,16H,2,7-10H2,1H3. The largest absolute Gasteiger partial charge is 0.373 e. The highest BCUT2D eigenvalue weighted by Crippen LogP contribution is 2.27. The second-order valence-corrected chi connectivity index (χ2v) is 4.94. The summed E-state index contributed by atoms with van der Waals surface area (Å²) in [6, 6.07) is 8.38. The predicted molar refractivity (Wildman–Crippen MR) is 74.2 cm³/mol. The van der Waals surface area contributed by atoms with Gasteiger partial charge in [0.05, 0.1) is 0 Å². The molecule has 2 aromatic rings. The molecule has 1 aromatic carbocycles. The molecule has 1 atom stereocenters. The van der Waals surface area contributed by atoms with Gasteiger partial charge in [-0.2, -0.15) is 4.98 Å².